The van der Waals surface area contributed by atoms with Gasteiger partial charge in [-0.2, -0.15) is 5.10 Å². The molecule has 5 nitrogen and oxygen atoms in total. The predicted octanol–water partition coefficient (Wildman–Crippen LogP) is 2.65. The third kappa shape index (κ3) is 2.90. The minimum atomic E-state index is 0.213. The zero-order chi connectivity index (χ0) is 16.5. The van der Waals surface area contributed by atoms with Crippen molar-refractivity contribution < 1.29 is 0 Å². The van der Waals surface area contributed by atoms with Crippen molar-refractivity contribution in [3.8, 4) is 0 Å². The molecule has 3 atom stereocenters. The summed E-state index contributed by atoms with van der Waals surface area (Å²) in [6.07, 6.45) is 9.75. The Bertz CT molecular complexity index is 720. The fourth-order valence-corrected chi connectivity index (χ4v) is 4.21. The second kappa shape index (κ2) is 6.30. The van der Waals surface area contributed by atoms with Crippen LogP contribution in [-0.2, 0) is 13.5 Å². The molecule has 2 aliphatic rings. The van der Waals surface area contributed by atoms with Gasteiger partial charge in [-0.15, -0.1) is 0 Å². The maximum Gasteiger partial charge on any atom is 0.192 e. The monoisotopic (exact) mass is 323 g/mol. The van der Waals surface area contributed by atoms with E-state index < -0.39 is 0 Å². The topological polar surface area (TPSA) is 59.4 Å². The van der Waals surface area contributed by atoms with Crippen LogP contribution < -0.4 is 5.73 Å². The van der Waals surface area contributed by atoms with E-state index in [4.69, 9.17) is 10.7 Å². The second-order valence-corrected chi connectivity index (χ2v) is 7.00. The zero-order valence-corrected chi connectivity index (χ0v) is 14.2. The van der Waals surface area contributed by atoms with Gasteiger partial charge < -0.3 is 10.6 Å². The van der Waals surface area contributed by atoms with E-state index >= 15 is 0 Å². The molecule has 2 N–H and O–H groups in total. The molecule has 2 aliphatic heterocycles. The summed E-state index contributed by atoms with van der Waals surface area (Å²) in [5.74, 6) is 0.730. The van der Waals surface area contributed by atoms with Gasteiger partial charge in [-0.05, 0) is 43.2 Å². The van der Waals surface area contributed by atoms with E-state index in [1.807, 2.05) is 17.9 Å². The normalized spacial score (nSPS) is 26.3. The lowest BCUT2D eigenvalue weighted by molar-refractivity contribution is 0.256. The molecule has 126 valence electrons. The van der Waals surface area contributed by atoms with Gasteiger partial charge in [-0.3, -0.25) is 4.68 Å². The summed E-state index contributed by atoms with van der Waals surface area (Å²) >= 11 is 0. The third-order valence-corrected chi connectivity index (χ3v) is 5.38. The summed E-state index contributed by atoms with van der Waals surface area (Å²) < 4.78 is 1.87. The summed E-state index contributed by atoms with van der Waals surface area (Å²) in [4.78, 5) is 7.19. The van der Waals surface area contributed by atoms with E-state index in [9.17, 15) is 0 Å². The van der Waals surface area contributed by atoms with Gasteiger partial charge in [0.2, 0.25) is 0 Å². The summed E-state index contributed by atoms with van der Waals surface area (Å²) in [7, 11) is 1.97. The molecular formula is C19H25N5. The molecule has 1 saturated heterocycles. The Morgan fingerprint density at radius 2 is 2.04 bits per heavy atom. The first-order chi connectivity index (χ1) is 11.7. The second-order valence-electron chi connectivity index (χ2n) is 7.00. The van der Waals surface area contributed by atoms with E-state index in [0.29, 0.717) is 12.1 Å². The maximum atomic E-state index is 6.37. The fourth-order valence-electron chi connectivity index (χ4n) is 4.21. The highest BCUT2D eigenvalue weighted by Crippen LogP contribution is 2.37. The SMILES string of the molecule is Cn1cc(CC[C@H]2CC[C@@H]3C[C@H](c4ccccc4)N=C(N)N23)cn1. The number of guanidine groups is 1. The number of aromatic nitrogens is 2. The first-order valence-electron chi connectivity index (χ1n) is 8.85. The molecule has 4 rings (SSSR count). The molecule has 0 amide bonds. The van der Waals surface area contributed by atoms with Gasteiger partial charge in [0.15, 0.2) is 5.96 Å². The quantitative estimate of drug-likeness (QED) is 0.941. The third-order valence-electron chi connectivity index (χ3n) is 5.38. The van der Waals surface area contributed by atoms with Crippen molar-refractivity contribution in [1.29, 1.82) is 0 Å². The van der Waals surface area contributed by atoms with E-state index in [2.05, 4.69) is 46.5 Å². The lowest BCUT2D eigenvalue weighted by Gasteiger charge is -2.37. The first kappa shape index (κ1) is 15.2. The van der Waals surface area contributed by atoms with E-state index in [1.54, 1.807) is 0 Å². The van der Waals surface area contributed by atoms with E-state index in [-0.39, 0.29) is 6.04 Å². The predicted molar refractivity (Wildman–Crippen MR) is 95.6 cm³/mol. The average Bonchev–Trinajstić information content (AvgIpc) is 3.20. The molecule has 0 bridgehead atoms. The molecule has 1 aromatic heterocycles. The summed E-state index contributed by atoms with van der Waals surface area (Å²) in [5.41, 5.74) is 8.95. The smallest absolute Gasteiger partial charge is 0.192 e. The molecule has 0 saturated carbocycles. The lowest BCUT2D eigenvalue weighted by Crippen LogP contribution is -2.48. The fraction of sp³-hybridized carbons (Fsp3) is 0.474. The summed E-state index contributed by atoms with van der Waals surface area (Å²) in [6, 6.07) is 11.8. The van der Waals surface area contributed by atoms with Crippen molar-refractivity contribution in [2.75, 3.05) is 0 Å². The number of aliphatic imine (C=N–C) groups is 1. The van der Waals surface area contributed by atoms with Gasteiger partial charge in [0.25, 0.3) is 0 Å². The Hall–Kier alpha value is -2.30. The molecule has 3 heterocycles. The van der Waals surface area contributed by atoms with Crippen LogP contribution in [0.15, 0.2) is 47.7 Å². The van der Waals surface area contributed by atoms with Crippen molar-refractivity contribution in [3.63, 3.8) is 0 Å². The van der Waals surface area contributed by atoms with E-state index in [0.717, 1.165) is 25.2 Å². The Balaban J connectivity index is 1.46. The lowest BCUT2D eigenvalue weighted by atomic mass is 9.97. The summed E-state index contributed by atoms with van der Waals surface area (Å²) in [6.45, 7) is 0. The number of aryl methyl sites for hydroxylation is 2. The van der Waals surface area contributed by atoms with Crippen LogP contribution in [0, 0.1) is 0 Å². The Kier molecular flexibility index (Phi) is 4.00. The van der Waals surface area contributed by atoms with Crippen LogP contribution in [0.4, 0.5) is 0 Å². The van der Waals surface area contributed by atoms with Crippen molar-refractivity contribution in [2.24, 2.45) is 17.8 Å². The van der Waals surface area contributed by atoms with Crippen molar-refractivity contribution in [3.05, 3.63) is 53.9 Å². The van der Waals surface area contributed by atoms with Gasteiger partial charge in [-0.25, -0.2) is 4.99 Å². The van der Waals surface area contributed by atoms with E-state index in [1.165, 1.54) is 24.0 Å². The van der Waals surface area contributed by atoms with Gasteiger partial charge in [0.1, 0.15) is 0 Å². The number of nitrogens with zero attached hydrogens (tertiary/aromatic N) is 4. The Morgan fingerprint density at radius 3 is 2.79 bits per heavy atom. The largest absolute Gasteiger partial charge is 0.370 e. The number of rotatable bonds is 4. The molecule has 2 aromatic rings. The van der Waals surface area contributed by atoms with Gasteiger partial charge in [0, 0.05) is 25.3 Å². The van der Waals surface area contributed by atoms with Crippen molar-refractivity contribution in [2.45, 2.75) is 50.2 Å². The number of hydrogen-bond donors (Lipinski definition) is 1. The van der Waals surface area contributed by atoms with Crippen LogP contribution >= 0.6 is 0 Å². The van der Waals surface area contributed by atoms with Crippen LogP contribution in [0.25, 0.3) is 0 Å². The molecule has 0 radical (unpaired) electrons. The minimum absolute atomic E-state index is 0.213. The van der Waals surface area contributed by atoms with Crippen LogP contribution in [-0.4, -0.2) is 32.7 Å². The molecule has 5 heteroatoms. The molecule has 0 unspecified atom stereocenters. The standard InChI is InChI=1S/C19H25N5/c1-23-13-14(12-21-23)7-8-16-9-10-17-11-18(22-19(20)24(16)17)15-5-3-2-4-6-15/h2-6,12-13,16-18H,7-11H2,1H3,(H2,20,22)/t16-,17+,18+/m0/s1. The van der Waals surface area contributed by atoms with Crippen LogP contribution in [0.3, 0.4) is 0 Å². The van der Waals surface area contributed by atoms with Gasteiger partial charge >= 0.3 is 0 Å². The zero-order valence-electron chi connectivity index (χ0n) is 14.2. The molecular weight excluding hydrogens is 298 g/mol. The molecule has 0 aliphatic carbocycles. The number of nitrogens with two attached hydrogens (primary N) is 1. The van der Waals surface area contributed by atoms with Crippen LogP contribution in [0.2, 0.25) is 0 Å². The first-order valence-corrected chi connectivity index (χ1v) is 8.85. The van der Waals surface area contributed by atoms with Gasteiger partial charge in [0.05, 0.1) is 12.2 Å². The molecule has 1 fully saturated rings. The average molecular weight is 323 g/mol. The number of fused-ring (bicyclic) bond motifs is 1. The van der Waals surface area contributed by atoms with Crippen molar-refractivity contribution >= 4 is 5.96 Å². The highest BCUT2D eigenvalue weighted by Gasteiger charge is 2.39. The number of benzene rings is 1. The molecule has 0 spiro atoms. The van der Waals surface area contributed by atoms with Crippen molar-refractivity contribution in [1.82, 2.24) is 14.7 Å². The highest BCUT2D eigenvalue weighted by atomic mass is 15.3. The Labute approximate surface area is 143 Å². The summed E-state index contributed by atoms with van der Waals surface area (Å²) in [5, 5.41) is 4.26. The van der Waals surface area contributed by atoms with Crippen LogP contribution in [0.5, 0.6) is 0 Å². The Morgan fingerprint density at radius 1 is 1.21 bits per heavy atom. The molecule has 24 heavy (non-hydrogen) atoms. The molecule has 1 aromatic carbocycles. The van der Waals surface area contributed by atoms with Gasteiger partial charge in [-0.1, -0.05) is 30.3 Å². The highest BCUT2D eigenvalue weighted by molar-refractivity contribution is 5.80. The van der Waals surface area contributed by atoms with Crippen LogP contribution in [0.1, 0.15) is 42.9 Å². The minimum Gasteiger partial charge on any atom is -0.370 e. The maximum absolute atomic E-state index is 6.37. The number of hydrogen-bond acceptors (Lipinski definition) is 4.